The maximum absolute atomic E-state index is 11.0. The second-order valence-corrected chi connectivity index (χ2v) is 2.87. The fourth-order valence-corrected chi connectivity index (χ4v) is 1.07. The highest BCUT2D eigenvalue weighted by atomic mass is 16.5. The third kappa shape index (κ3) is 3.16. The highest BCUT2D eigenvalue weighted by Gasteiger charge is 2.07. The third-order valence-electron chi connectivity index (χ3n) is 1.77. The molecular weight excluding hydrogens is 182 g/mol. The van der Waals surface area contributed by atoms with E-state index >= 15 is 0 Å². The van der Waals surface area contributed by atoms with Gasteiger partial charge in [-0.15, -0.1) is 0 Å². The minimum Gasteiger partial charge on any atom is -0.624 e. The number of hydroxylamine groups is 1. The van der Waals surface area contributed by atoms with Crippen molar-refractivity contribution in [1.29, 1.82) is 0 Å². The van der Waals surface area contributed by atoms with Crippen molar-refractivity contribution in [2.45, 2.75) is 6.10 Å². The standard InChI is InChI=1S/C10H13NO3/c12-7-6-11(14)8-10(13)9-4-2-1-3-5-9/h1-5,8,10,12-13H,6-7H2/b11-8-. The van der Waals surface area contributed by atoms with Crippen LogP contribution in [0.5, 0.6) is 0 Å². The van der Waals surface area contributed by atoms with Crippen molar-refractivity contribution >= 4 is 6.21 Å². The first-order valence-corrected chi connectivity index (χ1v) is 4.36. The van der Waals surface area contributed by atoms with Crippen LogP contribution in [0, 0.1) is 5.21 Å². The smallest absolute Gasteiger partial charge is 0.184 e. The topological polar surface area (TPSA) is 66.5 Å². The van der Waals surface area contributed by atoms with E-state index < -0.39 is 6.10 Å². The normalized spacial score (nSPS) is 14.0. The lowest BCUT2D eigenvalue weighted by Gasteiger charge is -2.06. The van der Waals surface area contributed by atoms with Gasteiger partial charge in [0.2, 0.25) is 0 Å². The molecule has 0 aliphatic carbocycles. The first kappa shape index (κ1) is 10.7. The van der Waals surface area contributed by atoms with Crippen LogP contribution in [0.4, 0.5) is 0 Å². The third-order valence-corrected chi connectivity index (χ3v) is 1.77. The highest BCUT2D eigenvalue weighted by Crippen LogP contribution is 2.08. The molecule has 0 bridgehead atoms. The number of aliphatic hydroxyl groups is 2. The molecule has 0 amide bonds. The van der Waals surface area contributed by atoms with Crippen molar-refractivity contribution < 1.29 is 15.0 Å². The molecule has 1 unspecified atom stereocenters. The summed E-state index contributed by atoms with van der Waals surface area (Å²) in [6.07, 6.45) is 0.214. The molecule has 0 heterocycles. The van der Waals surface area contributed by atoms with Gasteiger partial charge in [-0.3, -0.25) is 0 Å². The fourth-order valence-electron chi connectivity index (χ4n) is 1.07. The molecular formula is C10H13NO3. The van der Waals surface area contributed by atoms with Crippen LogP contribution < -0.4 is 0 Å². The summed E-state index contributed by atoms with van der Waals surface area (Å²) in [5, 5.41) is 29.0. The van der Waals surface area contributed by atoms with Crippen LogP contribution in [0.3, 0.4) is 0 Å². The van der Waals surface area contributed by atoms with E-state index in [9.17, 15) is 10.3 Å². The van der Waals surface area contributed by atoms with E-state index in [1.165, 1.54) is 0 Å². The average molecular weight is 195 g/mol. The van der Waals surface area contributed by atoms with Gasteiger partial charge in [-0.25, -0.2) is 4.74 Å². The summed E-state index contributed by atoms with van der Waals surface area (Å²) in [6, 6.07) is 8.86. The molecule has 0 spiro atoms. The first-order chi connectivity index (χ1) is 6.74. The molecule has 1 aromatic carbocycles. The van der Waals surface area contributed by atoms with Gasteiger partial charge in [0.25, 0.3) is 0 Å². The largest absolute Gasteiger partial charge is 0.624 e. The Hall–Kier alpha value is -1.39. The summed E-state index contributed by atoms with van der Waals surface area (Å²) in [5.41, 5.74) is 0.659. The van der Waals surface area contributed by atoms with Gasteiger partial charge in [-0.05, 0) is 5.56 Å². The number of hydrogen-bond donors (Lipinski definition) is 2. The second kappa shape index (κ2) is 5.36. The van der Waals surface area contributed by atoms with E-state index in [-0.39, 0.29) is 13.2 Å². The van der Waals surface area contributed by atoms with Crippen LogP contribution in [0.1, 0.15) is 11.7 Å². The van der Waals surface area contributed by atoms with Gasteiger partial charge in [-0.2, -0.15) is 0 Å². The highest BCUT2D eigenvalue weighted by molar-refractivity contribution is 5.60. The van der Waals surface area contributed by atoms with Gasteiger partial charge in [0.1, 0.15) is 6.61 Å². The molecule has 0 saturated carbocycles. The van der Waals surface area contributed by atoms with Crippen molar-refractivity contribution in [3.8, 4) is 0 Å². The van der Waals surface area contributed by atoms with Gasteiger partial charge < -0.3 is 15.4 Å². The molecule has 4 nitrogen and oxygen atoms in total. The molecule has 1 rings (SSSR count). The Bertz CT molecular complexity index is 297. The molecule has 1 aromatic rings. The zero-order chi connectivity index (χ0) is 10.4. The van der Waals surface area contributed by atoms with Crippen LogP contribution in [-0.4, -0.2) is 34.3 Å². The van der Waals surface area contributed by atoms with Crippen molar-refractivity contribution in [1.82, 2.24) is 0 Å². The minimum atomic E-state index is -0.916. The number of benzene rings is 1. The summed E-state index contributed by atoms with van der Waals surface area (Å²) in [4.78, 5) is 0. The lowest BCUT2D eigenvalue weighted by molar-refractivity contribution is -0.458. The SMILES string of the molecule is [O-]/[N+](=C\C(O)c1ccccc1)CCO. The minimum absolute atomic E-state index is 0.0239. The number of nitrogens with zero attached hydrogens (tertiary/aromatic N) is 1. The molecule has 0 fully saturated rings. The van der Waals surface area contributed by atoms with E-state index in [0.717, 1.165) is 6.21 Å². The Morgan fingerprint density at radius 3 is 2.57 bits per heavy atom. The predicted molar refractivity (Wildman–Crippen MR) is 53.0 cm³/mol. The Morgan fingerprint density at radius 1 is 1.36 bits per heavy atom. The molecule has 0 radical (unpaired) electrons. The van der Waals surface area contributed by atoms with Gasteiger partial charge in [0.15, 0.2) is 18.9 Å². The predicted octanol–water partition coefficient (Wildman–Crippen LogP) is 0.293. The van der Waals surface area contributed by atoms with Crippen LogP contribution in [0.15, 0.2) is 30.3 Å². The molecule has 0 saturated heterocycles. The zero-order valence-electron chi connectivity index (χ0n) is 7.71. The zero-order valence-corrected chi connectivity index (χ0v) is 7.71. The van der Waals surface area contributed by atoms with Crippen molar-refractivity contribution in [2.24, 2.45) is 0 Å². The number of hydrogen-bond acceptors (Lipinski definition) is 3. The van der Waals surface area contributed by atoms with E-state index in [1.54, 1.807) is 24.3 Å². The lowest BCUT2D eigenvalue weighted by atomic mass is 10.1. The fraction of sp³-hybridized carbons (Fsp3) is 0.300. The summed E-state index contributed by atoms with van der Waals surface area (Å²) < 4.78 is 0.525. The van der Waals surface area contributed by atoms with Crippen LogP contribution in [0.2, 0.25) is 0 Å². The Morgan fingerprint density at radius 2 is 2.00 bits per heavy atom. The van der Waals surface area contributed by atoms with E-state index in [1.807, 2.05) is 6.07 Å². The molecule has 0 aromatic heterocycles. The molecule has 4 heteroatoms. The summed E-state index contributed by atoms with van der Waals surface area (Å²) in [5.74, 6) is 0. The second-order valence-electron chi connectivity index (χ2n) is 2.87. The van der Waals surface area contributed by atoms with Crippen LogP contribution in [0.25, 0.3) is 0 Å². The van der Waals surface area contributed by atoms with E-state index in [0.29, 0.717) is 10.3 Å². The number of aliphatic hydroxyl groups excluding tert-OH is 2. The summed E-state index contributed by atoms with van der Waals surface area (Å²) >= 11 is 0. The molecule has 1 atom stereocenters. The van der Waals surface area contributed by atoms with Gasteiger partial charge in [-0.1, -0.05) is 30.3 Å². The summed E-state index contributed by atoms with van der Waals surface area (Å²) in [6.45, 7) is -0.245. The average Bonchev–Trinajstić information content (AvgIpc) is 2.19. The van der Waals surface area contributed by atoms with E-state index in [4.69, 9.17) is 5.11 Å². The molecule has 14 heavy (non-hydrogen) atoms. The Kier molecular flexibility index (Phi) is 4.10. The van der Waals surface area contributed by atoms with Gasteiger partial charge in [0.05, 0.1) is 0 Å². The van der Waals surface area contributed by atoms with Crippen LogP contribution in [-0.2, 0) is 0 Å². The summed E-state index contributed by atoms with van der Waals surface area (Å²) in [7, 11) is 0. The molecule has 2 N–H and O–H groups in total. The van der Waals surface area contributed by atoms with Gasteiger partial charge in [0, 0.05) is 0 Å². The maximum atomic E-state index is 11.0. The van der Waals surface area contributed by atoms with Crippen molar-refractivity contribution in [3.63, 3.8) is 0 Å². The van der Waals surface area contributed by atoms with Crippen molar-refractivity contribution in [3.05, 3.63) is 41.1 Å². The monoisotopic (exact) mass is 195 g/mol. The Balaban J connectivity index is 2.67. The lowest BCUT2D eigenvalue weighted by Crippen LogP contribution is -2.14. The van der Waals surface area contributed by atoms with E-state index in [2.05, 4.69) is 0 Å². The van der Waals surface area contributed by atoms with Crippen LogP contribution >= 0.6 is 0 Å². The quantitative estimate of drug-likeness (QED) is 0.314. The Labute approximate surface area is 82.3 Å². The first-order valence-electron chi connectivity index (χ1n) is 4.36. The van der Waals surface area contributed by atoms with Gasteiger partial charge >= 0.3 is 0 Å². The molecule has 76 valence electrons. The molecule has 0 aliphatic rings. The maximum Gasteiger partial charge on any atom is 0.184 e. The number of rotatable bonds is 4. The molecule has 0 aliphatic heterocycles. The van der Waals surface area contributed by atoms with Crippen molar-refractivity contribution in [2.75, 3.05) is 13.2 Å².